The Morgan fingerprint density at radius 2 is 0.291 bits per heavy atom. The topological polar surface area (TPSA) is 92.3 Å². The number of benzene rings is 5. The first kappa shape index (κ1) is 38.8. The molecule has 0 aliphatic heterocycles. The lowest BCUT2D eigenvalue weighted by molar-refractivity contribution is 0.389. The van der Waals surface area contributed by atoms with Crippen molar-refractivity contribution in [3.8, 4) is 57.5 Å². The normalized spacial score (nSPS) is 12.2. The van der Waals surface area contributed by atoms with Gasteiger partial charge in [-0.05, 0) is 60.7 Å². The molecule has 10 heteroatoms. The first-order valence-corrected chi connectivity index (χ1v) is 17.9. The van der Waals surface area contributed by atoms with E-state index in [2.05, 4.69) is 0 Å². The van der Waals surface area contributed by atoms with Crippen LogP contribution < -0.4 is 47.4 Å². The molecule has 0 fully saturated rings. The summed E-state index contributed by atoms with van der Waals surface area (Å²) < 4.78 is 59.9. The molecule has 55 heavy (non-hydrogen) atoms. The van der Waals surface area contributed by atoms with Crippen molar-refractivity contribution in [2.24, 2.45) is 0 Å². The fourth-order valence-electron chi connectivity index (χ4n) is 7.53. The van der Waals surface area contributed by atoms with E-state index in [4.69, 9.17) is 47.4 Å². The predicted molar refractivity (Wildman–Crippen MR) is 212 cm³/mol. The van der Waals surface area contributed by atoms with Gasteiger partial charge < -0.3 is 47.4 Å². The third kappa shape index (κ3) is 7.85. The van der Waals surface area contributed by atoms with Crippen molar-refractivity contribution in [1.29, 1.82) is 0 Å². The summed E-state index contributed by atoms with van der Waals surface area (Å²) in [7, 11) is 16.7. The average molecular weight is 751 g/mol. The van der Waals surface area contributed by atoms with Crippen molar-refractivity contribution < 1.29 is 47.4 Å². The first-order chi connectivity index (χ1) is 26.7. The van der Waals surface area contributed by atoms with E-state index in [1.807, 2.05) is 60.7 Å². The van der Waals surface area contributed by atoms with E-state index in [0.717, 1.165) is 113 Å². The average Bonchev–Trinajstić information content (AvgIpc) is 3.21. The number of rotatable bonds is 10. The van der Waals surface area contributed by atoms with E-state index in [1.54, 1.807) is 71.1 Å². The zero-order chi connectivity index (χ0) is 39.2. The minimum Gasteiger partial charge on any atom is -0.496 e. The maximum Gasteiger partial charge on any atom is 0.122 e. The van der Waals surface area contributed by atoms with Crippen LogP contribution in [0.25, 0.3) is 0 Å². The van der Waals surface area contributed by atoms with Gasteiger partial charge in [-0.1, -0.05) is 0 Å². The van der Waals surface area contributed by atoms with Gasteiger partial charge in [0.25, 0.3) is 0 Å². The van der Waals surface area contributed by atoms with Crippen LogP contribution in [0.5, 0.6) is 57.5 Å². The molecular weight excluding hydrogens is 700 g/mol. The molecule has 0 unspecified atom stereocenters. The van der Waals surface area contributed by atoms with Crippen LogP contribution in [0.3, 0.4) is 0 Å². The van der Waals surface area contributed by atoms with Crippen LogP contribution in [0.15, 0.2) is 60.7 Å². The third-order valence-corrected chi connectivity index (χ3v) is 10.3. The highest BCUT2D eigenvalue weighted by atomic mass is 16.5. The van der Waals surface area contributed by atoms with Crippen LogP contribution in [0.2, 0.25) is 0 Å². The number of ether oxygens (including phenoxy) is 10. The van der Waals surface area contributed by atoms with Crippen molar-refractivity contribution in [2.75, 3.05) is 71.1 Å². The van der Waals surface area contributed by atoms with Gasteiger partial charge in [0, 0.05) is 87.7 Å². The number of hydrogen-bond acceptors (Lipinski definition) is 10. The molecule has 15 rings (SSSR count). The minimum absolute atomic E-state index is 0.504. The van der Waals surface area contributed by atoms with Gasteiger partial charge in [0.05, 0.1) is 71.1 Å². The molecular formula is C45H50O10. The minimum atomic E-state index is 0.504. The SMILES string of the molecule is COc1cc2c(OC)cc1Cc1cc(OC)c(cc1OC)Cc1cc(OC)c(cc1OC)Cc1cc(OC)c(cc1OC)Cc1cc(OC)c(cc1OC)C2. The molecule has 10 aliphatic rings. The second-order valence-corrected chi connectivity index (χ2v) is 13.3. The summed E-state index contributed by atoms with van der Waals surface area (Å²) in [5.74, 6) is 7.18. The van der Waals surface area contributed by atoms with Crippen molar-refractivity contribution in [1.82, 2.24) is 0 Å². The molecule has 0 spiro atoms. The highest BCUT2D eigenvalue weighted by Gasteiger charge is 2.23. The van der Waals surface area contributed by atoms with Gasteiger partial charge in [0.15, 0.2) is 0 Å². The molecule has 0 aromatic heterocycles. The summed E-state index contributed by atoms with van der Waals surface area (Å²) in [6.45, 7) is 0. The standard InChI is InChI=1S/C45H50O10/c1-46-36-16-27-12-29-19-41(51-6)31(21-40(29)50-5)14-33-23-45(55-10)35(25-44(33)54-9)15-34-24-42(52-7)32(22-43(34)53-8)13-30-20-38(48-3)28(18-39(30)49-4)11-26(36)17-37(27)47-2/h16-25H,11-15H2,1-10H3. The lowest BCUT2D eigenvalue weighted by Gasteiger charge is -2.20. The molecule has 290 valence electrons. The van der Waals surface area contributed by atoms with Crippen molar-refractivity contribution in [3.63, 3.8) is 0 Å². The highest BCUT2D eigenvalue weighted by molar-refractivity contribution is 5.59. The van der Waals surface area contributed by atoms with Gasteiger partial charge in [-0.25, -0.2) is 0 Å². The van der Waals surface area contributed by atoms with E-state index in [0.29, 0.717) is 32.1 Å². The Labute approximate surface area is 323 Å². The molecule has 10 aliphatic carbocycles. The van der Waals surface area contributed by atoms with Crippen molar-refractivity contribution >= 4 is 0 Å². The van der Waals surface area contributed by atoms with Gasteiger partial charge in [0.2, 0.25) is 0 Å². The fourth-order valence-corrected chi connectivity index (χ4v) is 7.53. The molecule has 0 amide bonds. The lowest BCUT2D eigenvalue weighted by Crippen LogP contribution is -2.04. The quantitative estimate of drug-likeness (QED) is 0.137. The van der Waals surface area contributed by atoms with Crippen molar-refractivity contribution in [2.45, 2.75) is 32.1 Å². The largest absolute Gasteiger partial charge is 0.496 e. The Morgan fingerprint density at radius 1 is 0.200 bits per heavy atom. The summed E-state index contributed by atoms with van der Waals surface area (Å²) >= 11 is 0. The van der Waals surface area contributed by atoms with Gasteiger partial charge in [-0.15, -0.1) is 0 Å². The molecule has 0 atom stereocenters. The summed E-state index contributed by atoms with van der Waals surface area (Å²) in [5, 5.41) is 0. The van der Waals surface area contributed by atoms with Crippen molar-refractivity contribution in [3.05, 3.63) is 116 Å². The zero-order valence-electron chi connectivity index (χ0n) is 33.4. The molecule has 0 N–H and O–H groups in total. The summed E-state index contributed by atoms with van der Waals surface area (Å²) in [4.78, 5) is 0. The number of hydrogen-bond donors (Lipinski definition) is 0. The second-order valence-electron chi connectivity index (χ2n) is 13.3. The summed E-state index contributed by atoms with van der Waals surface area (Å²) in [5.41, 5.74) is 9.29. The molecule has 0 radical (unpaired) electrons. The Balaban J connectivity index is 1.60. The number of methoxy groups -OCH3 is 10. The van der Waals surface area contributed by atoms with E-state index in [9.17, 15) is 0 Å². The van der Waals surface area contributed by atoms with E-state index in [1.165, 1.54) is 0 Å². The first-order valence-electron chi connectivity index (χ1n) is 17.9. The van der Waals surface area contributed by atoms with Crippen LogP contribution in [-0.2, 0) is 32.1 Å². The monoisotopic (exact) mass is 750 g/mol. The predicted octanol–water partition coefficient (Wildman–Crippen LogP) is 8.04. The maximum absolute atomic E-state index is 5.99. The maximum atomic E-state index is 5.99. The van der Waals surface area contributed by atoms with E-state index in [-0.39, 0.29) is 0 Å². The van der Waals surface area contributed by atoms with Gasteiger partial charge in [-0.3, -0.25) is 0 Å². The smallest absolute Gasteiger partial charge is 0.122 e. The molecule has 5 aromatic carbocycles. The van der Waals surface area contributed by atoms with Crippen LogP contribution >= 0.6 is 0 Å². The summed E-state index contributed by atoms with van der Waals surface area (Å²) in [6, 6.07) is 20.2. The van der Waals surface area contributed by atoms with Gasteiger partial charge in [-0.2, -0.15) is 0 Å². The van der Waals surface area contributed by atoms with Crippen LogP contribution in [-0.4, -0.2) is 71.1 Å². The van der Waals surface area contributed by atoms with Gasteiger partial charge >= 0.3 is 0 Å². The molecule has 0 heterocycles. The molecule has 5 aromatic rings. The van der Waals surface area contributed by atoms with Crippen LogP contribution in [0.4, 0.5) is 0 Å². The molecule has 0 saturated heterocycles. The Kier molecular flexibility index (Phi) is 12.0. The van der Waals surface area contributed by atoms with Gasteiger partial charge in [0.1, 0.15) is 57.5 Å². The Hall–Kier alpha value is -5.90. The van der Waals surface area contributed by atoms with Crippen LogP contribution in [0.1, 0.15) is 55.6 Å². The molecule has 0 saturated carbocycles. The zero-order valence-corrected chi connectivity index (χ0v) is 33.4. The Morgan fingerprint density at radius 3 is 0.364 bits per heavy atom. The van der Waals surface area contributed by atoms with Crippen LogP contribution in [0, 0.1) is 0 Å². The lowest BCUT2D eigenvalue weighted by atomic mass is 9.94. The van der Waals surface area contributed by atoms with E-state index < -0.39 is 0 Å². The fraction of sp³-hybridized carbons (Fsp3) is 0.333. The molecule has 10 bridgehead atoms. The third-order valence-electron chi connectivity index (χ3n) is 10.3. The van der Waals surface area contributed by atoms with E-state index >= 15 is 0 Å². The summed E-state index contributed by atoms with van der Waals surface area (Å²) in [6.07, 6.45) is 2.52. The Bertz CT molecular complexity index is 1670. The highest BCUT2D eigenvalue weighted by Crippen LogP contribution is 2.42. The molecule has 10 nitrogen and oxygen atoms in total. The second kappa shape index (κ2) is 17.1.